The number of thiol groups is 1. The van der Waals surface area contributed by atoms with Gasteiger partial charge in [0.2, 0.25) is 0 Å². The highest BCUT2D eigenvalue weighted by atomic mass is 32.1. The summed E-state index contributed by atoms with van der Waals surface area (Å²) in [7, 11) is 0. The van der Waals surface area contributed by atoms with Crippen molar-refractivity contribution < 1.29 is 9.53 Å². The molecule has 0 amide bonds. The van der Waals surface area contributed by atoms with Crippen molar-refractivity contribution >= 4 is 18.6 Å². The molecule has 2 aliphatic rings. The van der Waals surface area contributed by atoms with Gasteiger partial charge in [-0.2, -0.15) is 12.6 Å². The summed E-state index contributed by atoms with van der Waals surface area (Å²) in [5, 5.41) is 0. The second-order valence-electron chi connectivity index (χ2n) is 4.73. The molecular formula is C11H18O2S. The lowest BCUT2D eigenvalue weighted by Gasteiger charge is -2.14. The minimum Gasteiger partial charge on any atom is -0.462 e. The molecule has 14 heavy (non-hydrogen) atoms. The number of esters is 1. The van der Waals surface area contributed by atoms with Gasteiger partial charge >= 0.3 is 5.97 Å². The minimum absolute atomic E-state index is 0.00319. The van der Waals surface area contributed by atoms with E-state index < -0.39 is 0 Å². The predicted octanol–water partition coefficient (Wildman–Crippen LogP) is 2.57. The van der Waals surface area contributed by atoms with E-state index in [9.17, 15) is 4.79 Å². The van der Waals surface area contributed by atoms with Gasteiger partial charge in [-0.15, -0.1) is 0 Å². The monoisotopic (exact) mass is 214 g/mol. The second kappa shape index (κ2) is 4.13. The lowest BCUT2D eigenvalue weighted by Crippen LogP contribution is -2.19. The van der Waals surface area contributed by atoms with Gasteiger partial charge in [0.05, 0.1) is 6.42 Å². The fourth-order valence-electron chi connectivity index (χ4n) is 2.11. The van der Waals surface area contributed by atoms with Gasteiger partial charge in [0, 0.05) is 0 Å². The maximum absolute atomic E-state index is 11.6. The number of hydrogen-bond donors (Lipinski definition) is 1. The summed E-state index contributed by atoms with van der Waals surface area (Å²) in [6.45, 7) is 0. The fraction of sp³-hybridized carbons (Fsp3) is 0.909. The van der Waals surface area contributed by atoms with Gasteiger partial charge in [-0.05, 0) is 49.7 Å². The largest absolute Gasteiger partial charge is 0.462 e. The summed E-state index contributed by atoms with van der Waals surface area (Å²) in [5.74, 6) is 0.829. The van der Waals surface area contributed by atoms with E-state index in [0.717, 1.165) is 31.4 Å². The highest BCUT2D eigenvalue weighted by Crippen LogP contribution is 2.49. The maximum atomic E-state index is 11.6. The van der Waals surface area contributed by atoms with Crippen LogP contribution in [0.3, 0.4) is 0 Å². The van der Waals surface area contributed by atoms with Crippen LogP contribution in [0.1, 0.15) is 44.9 Å². The molecule has 80 valence electrons. The lowest BCUT2D eigenvalue weighted by molar-refractivity contribution is -0.150. The van der Waals surface area contributed by atoms with Gasteiger partial charge in [-0.3, -0.25) is 4.79 Å². The predicted molar refractivity (Wildman–Crippen MR) is 58.5 cm³/mol. The zero-order valence-electron chi connectivity index (χ0n) is 8.50. The Kier molecular flexibility index (Phi) is 3.05. The third-order valence-electron chi connectivity index (χ3n) is 3.41. The Hall–Kier alpha value is -0.180. The first kappa shape index (κ1) is 10.3. The van der Waals surface area contributed by atoms with Gasteiger partial charge in [0.15, 0.2) is 0 Å². The van der Waals surface area contributed by atoms with E-state index in [4.69, 9.17) is 4.74 Å². The van der Waals surface area contributed by atoms with Gasteiger partial charge in [0.1, 0.15) is 6.10 Å². The zero-order valence-corrected chi connectivity index (χ0v) is 9.39. The van der Waals surface area contributed by atoms with Crippen molar-refractivity contribution in [2.24, 2.45) is 5.41 Å². The van der Waals surface area contributed by atoms with E-state index in [0.29, 0.717) is 6.42 Å². The van der Waals surface area contributed by atoms with E-state index in [1.54, 1.807) is 0 Å². The van der Waals surface area contributed by atoms with Gasteiger partial charge in [0.25, 0.3) is 0 Å². The molecule has 0 spiro atoms. The first-order valence-corrected chi connectivity index (χ1v) is 6.18. The molecular weight excluding hydrogens is 196 g/mol. The molecule has 2 fully saturated rings. The minimum atomic E-state index is 0.00319. The molecule has 0 atom stereocenters. The second-order valence-corrected chi connectivity index (χ2v) is 5.05. The van der Waals surface area contributed by atoms with Crippen LogP contribution < -0.4 is 0 Å². The Morgan fingerprint density at radius 3 is 2.50 bits per heavy atom. The molecule has 0 bridgehead atoms. The normalized spacial score (nSPS) is 24.9. The van der Waals surface area contributed by atoms with Crippen molar-refractivity contribution in [2.45, 2.75) is 51.0 Å². The van der Waals surface area contributed by atoms with Gasteiger partial charge < -0.3 is 4.74 Å². The molecule has 0 saturated heterocycles. The fourth-order valence-corrected chi connectivity index (χ4v) is 2.54. The molecule has 0 aliphatic heterocycles. The molecule has 0 heterocycles. The van der Waals surface area contributed by atoms with E-state index in [1.165, 1.54) is 12.8 Å². The number of rotatable bonds is 4. The SMILES string of the molecule is O=C(CC1(CS)CC1)OC1CCCC1. The Morgan fingerprint density at radius 2 is 2.00 bits per heavy atom. The molecule has 2 saturated carbocycles. The lowest BCUT2D eigenvalue weighted by atomic mass is 10.1. The molecule has 2 nitrogen and oxygen atoms in total. The Labute approximate surface area is 90.8 Å². The number of carbonyl (C=O) groups is 1. The Morgan fingerprint density at radius 1 is 1.36 bits per heavy atom. The number of carbonyl (C=O) groups excluding carboxylic acids is 1. The summed E-state index contributed by atoms with van der Waals surface area (Å²) in [4.78, 5) is 11.6. The molecule has 0 radical (unpaired) electrons. The van der Waals surface area contributed by atoms with Crippen molar-refractivity contribution in [3.63, 3.8) is 0 Å². The van der Waals surface area contributed by atoms with E-state index >= 15 is 0 Å². The van der Waals surface area contributed by atoms with Crippen LogP contribution in [-0.2, 0) is 9.53 Å². The highest BCUT2D eigenvalue weighted by Gasteiger charge is 2.43. The van der Waals surface area contributed by atoms with Crippen LogP contribution in [0.2, 0.25) is 0 Å². The molecule has 2 rings (SSSR count). The van der Waals surface area contributed by atoms with Crippen molar-refractivity contribution in [2.75, 3.05) is 5.75 Å². The molecule has 3 heteroatoms. The number of ether oxygens (including phenoxy) is 1. The van der Waals surface area contributed by atoms with Crippen LogP contribution >= 0.6 is 12.6 Å². The van der Waals surface area contributed by atoms with Gasteiger partial charge in [-0.1, -0.05) is 0 Å². The smallest absolute Gasteiger partial charge is 0.306 e. The van der Waals surface area contributed by atoms with Crippen molar-refractivity contribution in [1.82, 2.24) is 0 Å². The molecule has 0 N–H and O–H groups in total. The van der Waals surface area contributed by atoms with Crippen molar-refractivity contribution in [3.8, 4) is 0 Å². The van der Waals surface area contributed by atoms with Crippen molar-refractivity contribution in [1.29, 1.82) is 0 Å². The third kappa shape index (κ3) is 2.44. The van der Waals surface area contributed by atoms with E-state index in [2.05, 4.69) is 12.6 Å². The standard InChI is InChI=1S/C11H18O2S/c12-10(7-11(8-14)5-6-11)13-9-3-1-2-4-9/h9,14H,1-8H2. The van der Waals surface area contributed by atoms with Gasteiger partial charge in [-0.25, -0.2) is 0 Å². The summed E-state index contributed by atoms with van der Waals surface area (Å²) in [6.07, 6.45) is 7.68. The third-order valence-corrected chi connectivity index (χ3v) is 4.08. The maximum Gasteiger partial charge on any atom is 0.306 e. The number of hydrogen-bond acceptors (Lipinski definition) is 3. The highest BCUT2D eigenvalue weighted by molar-refractivity contribution is 7.80. The summed E-state index contributed by atoms with van der Waals surface area (Å²) >= 11 is 4.28. The Balaban J connectivity index is 1.73. The quantitative estimate of drug-likeness (QED) is 0.575. The van der Waals surface area contributed by atoms with E-state index in [1.807, 2.05) is 0 Å². The summed E-state index contributed by atoms with van der Waals surface area (Å²) < 4.78 is 5.42. The summed E-state index contributed by atoms with van der Waals surface area (Å²) in [5.41, 5.74) is 0.207. The first-order valence-electron chi connectivity index (χ1n) is 5.54. The molecule has 0 aromatic heterocycles. The van der Waals surface area contributed by atoms with Crippen LogP contribution in [0.25, 0.3) is 0 Å². The molecule has 2 aliphatic carbocycles. The van der Waals surface area contributed by atoms with Crippen LogP contribution in [0, 0.1) is 5.41 Å². The Bertz CT molecular complexity index is 217. The van der Waals surface area contributed by atoms with Crippen LogP contribution in [-0.4, -0.2) is 17.8 Å². The molecule has 0 unspecified atom stereocenters. The average molecular weight is 214 g/mol. The van der Waals surface area contributed by atoms with Crippen LogP contribution in [0.5, 0.6) is 0 Å². The molecule has 0 aromatic carbocycles. The van der Waals surface area contributed by atoms with E-state index in [-0.39, 0.29) is 17.5 Å². The first-order chi connectivity index (χ1) is 6.74. The van der Waals surface area contributed by atoms with Crippen LogP contribution in [0.4, 0.5) is 0 Å². The van der Waals surface area contributed by atoms with Crippen molar-refractivity contribution in [3.05, 3.63) is 0 Å². The average Bonchev–Trinajstić information content (AvgIpc) is 2.74. The summed E-state index contributed by atoms with van der Waals surface area (Å²) in [6, 6.07) is 0. The molecule has 0 aromatic rings. The van der Waals surface area contributed by atoms with Crippen LogP contribution in [0.15, 0.2) is 0 Å². The topological polar surface area (TPSA) is 26.3 Å². The zero-order chi connectivity index (χ0) is 10.0.